The Balaban J connectivity index is 2.32. The summed E-state index contributed by atoms with van der Waals surface area (Å²) < 4.78 is 0. The van der Waals surface area contributed by atoms with E-state index in [1.54, 1.807) is 0 Å². The van der Waals surface area contributed by atoms with Crippen LogP contribution in [0.5, 0.6) is 0 Å². The van der Waals surface area contributed by atoms with Gasteiger partial charge in [-0.3, -0.25) is 0 Å². The highest BCUT2D eigenvalue weighted by Crippen LogP contribution is 2.22. The number of hydrogen-bond acceptors (Lipinski definition) is 1. The average Bonchev–Trinajstić information content (AvgIpc) is 2.41. The standard InChI is InChI=1S/C19H33N/c1-5-6-7-8-9-10-11-12-19(20-4)18-14-16(2)13-17(3)15-18/h13-15,19-20H,5-12H2,1-4H3. The van der Waals surface area contributed by atoms with Gasteiger partial charge in [0.05, 0.1) is 0 Å². The van der Waals surface area contributed by atoms with Gasteiger partial charge >= 0.3 is 0 Å². The smallest absolute Gasteiger partial charge is 0.0317 e. The fourth-order valence-corrected chi connectivity index (χ4v) is 2.99. The fourth-order valence-electron chi connectivity index (χ4n) is 2.99. The first kappa shape index (κ1) is 17.2. The van der Waals surface area contributed by atoms with Crippen molar-refractivity contribution in [1.82, 2.24) is 5.32 Å². The van der Waals surface area contributed by atoms with Crippen molar-refractivity contribution in [2.24, 2.45) is 0 Å². The Morgan fingerprint density at radius 1 is 0.850 bits per heavy atom. The van der Waals surface area contributed by atoms with Crippen molar-refractivity contribution in [2.75, 3.05) is 7.05 Å². The summed E-state index contributed by atoms with van der Waals surface area (Å²) in [5.74, 6) is 0. The number of aryl methyl sites for hydroxylation is 2. The first-order chi connectivity index (χ1) is 9.67. The third-order valence-corrected chi connectivity index (χ3v) is 4.09. The number of benzene rings is 1. The second kappa shape index (κ2) is 9.99. The van der Waals surface area contributed by atoms with Crippen LogP contribution in [0.25, 0.3) is 0 Å². The lowest BCUT2D eigenvalue weighted by atomic mass is 9.96. The zero-order valence-electron chi connectivity index (χ0n) is 14.0. The molecule has 114 valence electrons. The molecule has 0 fully saturated rings. The van der Waals surface area contributed by atoms with Crippen molar-refractivity contribution < 1.29 is 0 Å². The SMILES string of the molecule is CCCCCCCCCC(NC)c1cc(C)cc(C)c1. The molecule has 0 amide bonds. The van der Waals surface area contributed by atoms with Crippen LogP contribution in [-0.2, 0) is 0 Å². The van der Waals surface area contributed by atoms with Crippen LogP contribution in [0.2, 0.25) is 0 Å². The average molecular weight is 275 g/mol. The molecule has 0 saturated heterocycles. The molecule has 0 spiro atoms. The summed E-state index contributed by atoms with van der Waals surface area (Å²) in [6.07, 6.45) is 11.0. The minimum absolute atomic E-state index is 0.518. The second-order valence-corrected chi connectivity index (χ2v) is 6.17. The molecule has 0 saturated carbocycles. The topological polar surface area (TPSA) is 12.0 Å². The summed E-state index contributed by atoms with van der Waals surface area (Å²) in [5.41, 5.74) is 4.20. The Kier molecular flexibility index (Phi) is 8.60. The minimum Gasteiger partial charge on any atom is -0.313 e. The Morgan fingerprint density at radius 2 is 1.40 bits per heavy atom. The van der Waals surface area contributed by atoms with Crippen LogP contribution in [0, 0.1) is 13.8 Å². The molecular formula is C19H33N. The molecule has 0 aromatic heterocycles. The summed E-state index contributed by atoms with van der Waals surface area (Å²) >= 11 is 0. The van der Waals surface area contributed by atoms with E-state index in [2.05, 4.69) is 51.3 Å². The van der Waals surface area contributed by atoms with Crippen molar-refractivity contribution in [3.8, 4) is 0 Å². The molecule has 1 nitrogen and oxygen atoms in total. The number of unbranched alkanes of at least 4 members (excludes halogenated alkanes) is 6. The van der Waals surface area contributed by atoms with Crippen LogP contribution in [0.4, 0.5) is 0 Å². The summed E-state index contributed by atoms with van der Waals surface area (Å²) in [7, 11) is 2.09. The van der Waals surface area contributed by atoms with E-state index in [9.17, 15) is 0 Å². The van der Waals surface area contributed by atoms with E-state index in [1.165, 1.54) is 68.1 Å². The van der Waals surface area contributed by atoms with Gasteiger partial charge in [-0.05, 0) is 32.9 Å². The van der Waals surface area contributed by atoms with Crippen LogP contribution in [0.1, 0.15) is 81.0 Å². The van der Waals surface area contributed by atoms with Gasteiger partial charge in [-0.15, -0.1) is 0 Å². The predicted octanol–water partition coefficient (Wildman–Crippen LogP) is 5.70. The van der Waals surface area contributed by atoms with Crippen LogP contribution >= 0.6 is 0 Å². The second-order valence-electron chi connectivity index (χ2n) is 6.17. The predicted molar refractivity (Wildman–Crippen MR) is 90.3 cm³/mol. The van der Waals surface area contributed by atoms with Gasteiger partial charge in [-0.1, -0.05) is 81.2 Å². The zero-order valence-corrected chi connectivity index (χ0v) is 14.0. The summed E-state index contributed by atoms with van der Waals surface area (Å²) in [6.45, 7) is 6.66. The number of nitrogens with one attached hydrogen (secondary N) is 1. The molecule has 0 radical (unpaired) electrons. The monoisotopic (exact) mass is 275 g/mol. The maximum atomic E-state index is 3.48. The highest BCUT2D eigenvalue weighted by atomic mass is 14.9. The van der Waals surface area contributed by atoms with E-state index in [4.69, 9.17) is 0 Å². The number of rotatable bonds is 10. The molecule has 0 aliphatic heterocycles. The lowest BCUT2D eigenvalue weighted by molar-refractivity contribution is 0.495. The third kappa shape index (κ3) is 6.56. The van der Waals surface area contributed by atoms with Gasteiger partial charge in [0.2, 0.25) is 0 Å². The zero-order chi connectivity index (χ0) is 14.8. The van der Waals surface area contributed by atoms with Crippen LogP contribution in [0.15, 0.2) is 18.2 Å². The third-order valence-electron chi connectivity index (χ3n) is 4.09. The molecule has 1 heteroatoms. The molecule has 1 aromatic carbocycles. The van der Waals surface area contributed by atoms with E-state index in [-0.39, 0.29) is 0 Å². The van der Waals surface area contributed by atoms with Gasteiger partial charge in [0.1, 0.15) is 0 Å². The lowest BCUT2D eigenvalue weighted by Gasteiger charge is -2.18. The Morgan fingerprint density at radius 3 is 1.95 bits per heavy atom. The summed E-state index contributed by atoms with van der Waals surface area (Å²) in [4.78, 5) is 0. The Hall–Kier alpha value is -0.820. The first-order valence-electron chi connectivity index (χ1n) is 8.42. The molecule has 1 unspecified atom stereocenters. The van der Waals surface area contributed by atoms with Crippen molar-refractivity contribution >= 4 is 0 Å². The fraction of sp³-hybridized carbons (Fsp3) is 0.684. The van der Waals surface area contributed by atoms with Crippen molar-refractivity contribution in [3.05, 3.63) is 34.9 Å². The van der Waals surface area contributed by atoms with E-state index in [0.717, 1.165) is 0 Å². The Labute approximate surface area is 126 Å². The van der Waals surface area contributed by atoms with Crippen LogP contribution in [0.3, 0.4) is 0 Å². The van der Waals surface area contributed by atoms with E-state index in [1.807, 2.05) is 0 Å². The largest absolute Gasteiger partial charge is 0.313 e. The van der Waals surface area contributed by atoms with Gasteiger partial charge in [0, 0.05) is 6.04 Å². The molecule has 0 heterocycles. The van der Waals surface area contributed by atoms with Gasteiger partial charge < -0.3 is 5.32 Å². The molecule has 0 aliphatic carbocycles. The molecule has 1 rings (SSSR count). The normalized spacial score (nSPS) is 12.6. The quantitative estimate of drug-likeness (QED) is 0.540. The maximum absolute atomic E-state index is 3.48. The van der Waals surface area contributed by atoms with E-state index < -0.39 is 0 Å². The van der Waals surface area contributed by atoms with Gasteiger partial charge in [0.15, 0.2) is 0 Å². The van der Waals surface area contributed by atoms with Gasteiger partial charge in [-0.2, -0.15) is 0 Å². The first-order valence-corrected chi connectivity index (χ1v) is 8.42. The van der Waals surface area contributed by atoms with Crippen molar-refractivity contribution in [1.29, 1.82) is 0 Å². The molecular weight excluding hydrogens is 242 g/mol. The highest BCUT2D eigenvalue weighted by molar-refractivity contribution is 5.30. The van der Waals surface area contributed by atoms with Crippen LogP contribution in [-0.4, -0.2) is 7.05 Å². The molecule has 0 aliphatic rings. The molecule has 1 N–H and O–H groups in total. The molecule has 20 heavy (non-hydrogen) atoms. The number of hydrogen-bond donors (Lipinski definition) is 1. The van der Waals surface area contributed by atoms with Crippen molar-refractivity contribution in [3.63, 3.8) is 0 Å². The maximum Gasteiger partial charge on any atom is 0.0317 e. The lowest BCUT2D eigenvalue weighted by Crippen LogP contribution is -2.16. The molecule has 1 atom stereocenters. The minimum atomic E-state index is 0.518. The van der Waals surface area contributed by atoms with Crippen molar-refractivity contribution in [2.45, 2.75) is 78.2 Å². The van der Waals surface area contributed by atoms with E-state index >= 15 is 0 Å². The van der Waals surface area contributed by atoms with E-state index in [0.29, 0.717) is 6.04 Å². The highest BCUT2D eigenvalue weighted by Gasteiger charge is 2.09. The molecule has 1 aromatic rings. The summed E-state index contributed by atoms with van der Waals surface area (Å²) in [5, 5.41) is 3.48. The Bertz CT molecular complexity index is 350. The van der Waals surface area contributed by atoms with Gasteiger partial charge in [0.25, 0.3) is 0 Å². The molecule has 0 bridgehead atoms. The van der Waals surface area contributed by atoms with Gasteiger partial charge in [-0.25, -0.2) is 0 Å². The van der Waals surface area contributed by atoms with Crippen LogP contribution < -0.4 is 5.32 Å². The summed E-state index contributed by atoms with van der Waals surface area (Å²) in [6, 6.07) is 7.43.